The molecule has 0 radical (unpaired) electrons. The first-order valence-corrected chi connectivity index (χ1v) is 6.26. The molecule has 1 atom stereocenters. The van der Waals surface area contributed by atoms with E-state index in [1.807, 2.05) is 13.0 Å². The quantitative estimate of drug-likeness (QED) is 0.845. The first-order valence-electron chi connectivity index (χ1n) is 6.26. The van der Waals surface area contributed by atoms with Crippen LogP contribution < -0.4 is 0 Å². The van der Waals surface area contributed by atoms with Crippen molar-refractivity contribution in [1.82, 2.24) is 4.90 Å². The summed E-state index contributed by atoms with van der Waals surface area (Å²) in [5.41, 5.74) is 2.26. The molecule has 1 aliphatic rings. The Morgan fingerprint density at radius 2 is 2.05 bits per heavy atom. The van der Waals surface area contributed by atoms with Crippen molar-refractivity contribution < 1.29 is 24.6 Å². The van der Waals surface area contributed by atoms with E-state index in [1.165, 1.54) is 4.90 Å². The molecule has 2 rings (SSSR count). The Labute approximate surface area is 115 Å². The van der Waals surface area contributed by atoms with Gasteiger partial charge in [-0.2, -0.15) is 0 Å². The van der Waals surface area contributed by atoms with Crippen molar-refractivity contribution in [2.75, 3.05) is 0 Å². The van der Waals surface area contributed by atoms with Gasteiger partial charge in [-0.05, 0) is 30.5 Å². The number of nitrogens with zero attached hydrogens (tertiary/aromatic N) is 1. The van der Waals surface area contributed by atoms with Crippen molar-refractivity contribution in [3.63, 3.8) is 0 Å². The standard InChI is InChI=1S/C14H15NO5/c1-8-3-2-4-9-10(8)7-15(13(9)18)11(14(19)20)5-6-12(16)17/h2-4,11H,5-7H2,1H3,(H,16,17)(H,19,20). The molecule has 1 amide bonds. The molecule has 0 bridgehead atoms. The van der Waals surface area contributed by atoms with Gasteiger partial charge in [0, 0.05) is 18.5 Å². The highest BCUT2D eigenvalue weighted by Gasteiger charge is 2.36. The molecule has 0 aromatic heterocycles. The first-order chi connectivity index (χ1) is 9.41. The van der Waals surface area contributed by atoms with E-state index in [-0.39, 0.29) is 25.3 Å². The lowest BCUT2D eigenvalue weighted by Crippen LogP contribution is -2.41. The highest BCUT2D eigenvalue weighted by atomic mass is 16.4. The molecule has 0 fully saturated rings. The Bertz CT molecular complexity index is 581. The van der Waals surface area contributed by atoms with Crippen molar-refractivity contribution in [3.8, 4) is 0 Å². The van der Waals surface area contributed by atoms with Crippen molar-refractivity contribution in [2.24, 2.45) is 0 Å². The fourth-order valence-corrected chi connectivity index (χ4v) is 2.43. The molecule has 2 N–H and O–H groups in total. The van der Waals surface area contributed by atoms with Gasteiger partial charge in [0.05, 0.1) is 0 Å². The number of aliphatic carboxylic acids is 2. The summed E-state index contributed by atoms with van der Waals surface area (Å²) < 4.78 is 0. The molecule has 106 valence electrons. The van der Waals surface area contributed by atoms with E-state index in [0.717, 1.165) is 11.1 Å². The third-order valence-electron chi connectivity index (χ3n) is 3.52. The molecular weight excluding hydrogens is 262 g/mol. The predicted octanol–water partition coefficient (Wildman–Crippen LogP) is 1.27. The number of carboxylic acid groups (broad SMARTS) is 2. The molecule has 0 saturated heterocycles. The van der Waals surface area contributed by atoms with Crippen LogP contribution in [0.4, 0.5) is 0 Å². The summed E-state index contributed by atoms with van der Waals surface area (Å²) in [6.45, 7) is 2.08. The van der Waals surface area contributed by atoms with Crippen molar-refractivity contribution in [2.45, 2.75) is 32.4 Å². The highest BCUT2D eigenvalue weighted by Crippen LogP contribution is 2.28. The van der Waals surface area contributed by atoms with Crippen molar-refractivity contribution >= 4 is 17.8 Å². The number of benzene rings is 1. The van der Waals surface area contributed by atoms with Crippen LogP contribution in [0.1, 0.15) is 34.3 Å². The zero-order chi connectivity index (χ0) is 14.9. The molecule has 1 heterocycles. The van der Waals surface area contributed by atoms with E-state index in [9.17, 15) is 19.5 Å². The number of carbonyl (C=O) groups excluding carboxylic acids is 1. The molecule has 1 unspecified atom stereocenters. The summed E-state index contributed by atoms with van der Waals surface area (Å²) in [6.07, 6.45) is -0.375. The molecule has 6 heteroatoms. The SMILES string of the molecule is Cc1cccc2c1CN(C(CCC(=O)O)C(=O)O)C2=O. The van der Waals surface area contributed by atoms with Crippen LogP contribution in [-0.2, 0) is 16.1 Å². The largest absolute Gasteiger partial charge is 0.481 e. The van der Waals surface area contributed by atoms with Gasteiger partial charge in [-0.15, -0.1) is 0 Å². The van der Waals surface area contributed by atoms with Crippen LogP contribution in [0, 0.1) is 6.92 Å². The maximum Gasteiger partial charge on any atom is 0.326 e. The van der Waals surface area contributed by atoms with Gasteiger partial charge in [-0.25, -0.2) is 4.79 Å². The average Bonchev–Trinajstić information content (AvgIpc) is 2.69. The van der Waals surface area contributed by atoms with Gasteiger partial charge in [-0.3, -0.25) is 9.59 Å². The summed E-state index contributed by atoms with van der Waals surface area (Å²) in [5.74, 6) is -2.59. The summed E-state index contributed by atoms with van der Waals surface area (Å²) in [5, 5.41) is 17.9. The lowest BCUT2D eigenvalue weighted by atomic mass is 10.1. The predicted molar refractivity (Wildman–Crippen MR) is 69.3 cm³/mol. The Morgan fingerprint density at radius 1 is 1.35 bits per heavy atom. The monoisotopic (exact) mass is 277 g/mol. The minimum absolute atomic E-state index is 0.0938. The highest BCUT2D eigenvalue weighted by molar-refractivity contribution is 6.00. The molecule has 6 nitrogen and oxygen atoms in total. The maximum absolute atomic E-state index is 12.3. The number of hydrogen-bond acceptors (Lipinski definition) is 3. The van der Waals surface area contributed by atoms with Crippen LogP contribution in [0.5, 0.6) is 0 Å². The Morgan fingerprint density at radius 3 is 2.60 bits per heavy atom. The molecule has 0 saturated carbocycles. The van der Waals surface area contributed by atoms with Crippen LogP contribution in [0.2, 0.25) is 0 Å². The van der Waals surface area contributed by atoms with Gasteiger partial charge >= 0.3 is 11.9 Å². The lowest BCUT2D eigenvalue weighted by molar-refractivity contribution is -0.143. The van der Waals surface area contributed by atoms with Crippen LogP contribution in [0.15, 0.2) is 18.2 Å². The maximum atomic E-state index is 12.3. The molecule has 1 aromatic rings. The summed E-state index contributed by atoms with van der Waals surface area (Å²) in [7, 11) is 0. The number of carboxylic acids is 2. The zero-order valence-electron chi connectivity index (χ0n) is 11.0. The van der Waals surface area contributed by atoms with Gasteiger partial charge in [0.2, 0.25) is 0 Å². The number of hydrogen-bond donors (Lipinski definition) is 2. The number of carbonyl (C=O) groups is 3. The normalized spacial score (nSPS) is 15.1. The molecule has 0 aliphatic carbocycles. The summed E-state index contributed by atoms with van der Waals surface area (Å²) in [6, 6.07) is 4.18. The van der Waals surface area contributed by atoms with E-state index in [4.69, 9.17) is 5.11 Å². The number of fused-ring (bicyclic) bond motifs is 1. The minimum atomic E-state index is -1.18. The average molecular weight is 277 g/mol. The van der Waals surface area contributed by atoms with Crippen molar-refractivity contribution in [3.05, 3.63) is 34.9 Å². The molecular formula is C14H15NO5. The smallest absolute Gasteiger partial charge is 0.326 e. The number of aryl methyl sites for hydroxylation is 1. The van der Waals surface area contributed by atoms with E-state index < -0.39 is 18.0 Å². The van der Waals surface area contributed by atoms with Gasteiger partial charge in [0.25, 0.3) is 5.91 Å². The van der Waals surface area contributed by atoms with Gasteiger partial charge in [0.15, 0.2) is 0 Å². The van der Waals surface area contributed by atoms with E-state index in [1.54, 1.807) is 12.1 Å². The number of rotatable bonds is 5. The Balaban J connectivity index is 2.25. The fraction of sp³-hybridized carbons (Fsp3) is 0.357. The minimum Gasteiger partial charge on any atom is -0.481 e. The molecule has 1 aromatic carbocycles. The van der Waals surface area contributed by atoms with Crippen LogP contribution in [0.3, 0.4) is 0 Å². The fourth-order valence-electron chi connectivity index (χ4n) is 2.43. The van der Waals surface area contributed by atoms with Gasteiger partial charge < -0.3 is 15.1 Å². The molecule has 0 spiro atoms. The summed E-state index contributed by atoms with van der Waals surface area (Å²) >= 11 is 0. The van der Waals surface area contributed by atoms with E-state index >= 15 is 0 Å². The molecule has 1 aliphatic heterocycles. The third kappa shape index (κ3) is 2.49. The first kappa shape index (κ1) is 14.0. The second-order valence-corrected chi connectivity index (χ2v) is 4.82. The van der Waals surface area contributed by atoms with Gasteiger partial charge in [-0.1, -0.05) is 12.1 Å². The second-order valence-electron chi connectivity index (χ2n) is 4.82. The van der Waals surface area contributed by atoms with Crippen LogP contribution in [0.25, 0.3) is 0 Å². The Hall–Kier alpha value is -2.37. The zero-order valence-corrected chi connectivity index (χ0v) is 11.0. The van der Waals surface area contributed by atoms with Crippen molar-refractivity contribution in [1.29, 1.82) is 0 Å². The van der Waals surface area contributed by atoms with E-state index in [0.29, 0.717) is 5.56 Å². The van der Waals surface area contributed by atoms with Crippen LogP contribution in [-0.4, -0.2) is 39.0 Å². The topological polar surface area (TPSA) is 94.9 Å². The third-order valence-corrected chi connectivity index (χ3v) is 3.52. The number of amides is 1. The van der Waals surface area contributed by atoms with E-state index in [2.05, 4.69) is 0 Å². The second kappa shape index (κ2) is 5.32. The lowest BCUT2D eigenvalue weighted by Gasteiger charge is -2.23. The summed E-state index contributed by atoms with van der Waals surface area (Å²) in [4.78, 5) is 35.4. The van der Waals surface area contributed by atoms with Gasteiger partial charge in [0.1, 0.15) is 6.04 Å². The van der Waals surface area contributed by atoms with Crippen LogP contribution >= 0.6 is 0 Å². The Kier molecular flexibility index (Phi) is 3.74. The molecule has 20 heavy (non-hydrogen) atoms.